The van der Waals surface area contributed by atoms with Crippen molar-refractivity contribution in [2.75, 3.05) is 6.54 Å². The number of carbonyl (C=O) groups is 4. The molecule has 1 fully saturated rings. The van der Waals surface area contributed by atoms with Crippen LogP contribution in [0.3, 0.4) is 0 Å². The van der Waals surface area contributed by atoms with Gasteiger partial charge in [0.15, 0.2) is 0 Å². The minimum absolute atomic E-state index is 0.182. The second-order valence-corrected chi connectivity index (χ2v) is 10.9. The molecule has 3 atom stereocenters. The van der Waals surface area contributed by atoms with Crippen LogP contribution in [0.1, 0.15) is 56.6 Å². The minimum Gasteiger partial charge on any atom is -0.344 e. The molecule has 1 aliphatic rings. The monoisotopic (exact) mass is 583 g/mol. The number of rotatable bonds is 9. The molecule has 0 spiro atoms. The molecule has 0 bridgehead atoms. The topological polar surface area (TPSA) is 113 Å². The Kier molecular flexibility index (Phi) is 9.65. The van der Waals surface area contributed by atoms with Gasteiger partial charge < -0.3 is 15.5 Å². The minimum atomic E-state index is -5.11. The van der Waals surface area contributed by atoms with Gasteiger partial charge in [-0.1, -0.05) is 45.4 Å². The van der Waals surface area contributed by atoms with Gasteiger partial charge in [-0.25, -0.2) is 4.68 Å². The maximum atomic E-state index is 13.6. The molecule has 0 aliphatic carbocycles. The SMILES string of the molecule is Cc1c(C(=O)N[C@H](C(=O)N2CCC[C@H]2C(=O)N[C@H](C(=O)C(F)(F)F)C(C)C)C(C)C)cnn1-c1cccc(Cl)c1. The number of nitrogens with one attached hydrogen (secondary N) is 2. The third-order valence-electron chi connectivity index (χ3n) is 6.89. The van der Waals surface area contributed by atoms with E-state index in [4.69, 9.17) is 11.6 Å². The quantitative estimate of drug-likeness (QED) is 0.466. The lowest BCUT2D eigenvalue weighted by Crippen LogP contribution is -2.58. The van der Waals surface area contributed by atoms with E-state index in [-0.39, 0.29) is 24.4 Å². The highest BCUT2D eigenvalue weighted by atomic mass is 35.5. The van der Waals surface area contributed by atoms with Gasteiger partial charge in [0.05, 0.1) is 29.2 Å². The Hall–Kier alpha value is -3.41. The number of Topliss-reactive ketones (excluding diaryl/α,β-unsaturated/α-hetero) is 1. The van der Waals surface area contributed by atoms with Crippen molar-refractivity contribution < 1.29 is 32.3 Å². The van der Waals surface area contributed by atoms with E-state index >= 15 is 0 Å². The summed E-state index contributed by atoms with van der Waals surface area (Å²) in [5.74, 6) is -5.16. The van der Waals surface area contributed by atoms with Crippen molar-refractivity contribution >= 4 is 35.1 Å². The van der Waals surface area contributed by atoms with Gasteiger partial charge in [-0.15, -0.1) is 0 Å². The third-order valence-corrected chi connectivity index (χ3v) is 7.13. The largest absolute Gasteiger partial charge is 0.452 e. The standard InChI is InChI=1S/C27H33ClF3N5O4/c1-14(2)21(23(37)27(29,30)31)33-25(39)20-10-7-11-35(20)26(40)22(15(3)4)34-24(38)19-13-32-36(16(19)5)18-9-6-8-17(28)12-18/h6,8-9,12-15,20-22H,7,10-11H2,1-5H3,(H,33,39)(H,34,38)/t20-,21-,22-/m0/s1. The van der Waals surface area contributed by atoms with E-state index in [1.165, 1.54) is 24.9 Å². The number of benzene rings is 1. The van der Waals surface area contributed by atoms with Crippen molar-refractivity contribution in [2.45, 2.75) is 71.8 Å². The molecule has 1 aliphatic heterocycles. The predicted octanol–water partition coefficient (Wildman–Crippen LogP) is 3.85. The van der Waals surface area contributed by atoms with Crippen molar-refractivity contribution in [3.63, 3.8) is 0 Å². The summed E-state index contributed by atoms with van der Waals surface area (Å²) in [5.41, 5.74) is 1.40. The maximum Gasteiger partial charge on any atom is 0.452 e. The molecule has 0 unspecified atom stereocenters. The number of hydrogen-bond donors (Lipinski definition) is 2. The highest BCUT2D eigenvalue weighted by Gasteiger charge is 2.46. The number of aromatic nitrogens is 2. The molecule has 3 rings (SSSR count). The predicted molar refractivity (Wildman–Crippen MR) is 142 cm³/mol. The van der Waals surface area contributed by atoms with Gasteiger partial charge in [-0.05, 0) is 49.8 Å². The van der Waals surface area contributed by atoms with E-state index in [2.05, 4.69) is 15.7 Å². The average molecular weight is 584 g/mol. The number of amides is 3. The molecule has 2 heterocycles. The Morgan fingerprint density at radius 2 is 1.70 bits per heavy atom. The van der Waals surface area contributed by atoms with E-state index in [0.717, 1.165) is 0 Å². The number of halogens is 4. The van der Waals surface area contributed by atoms with Gasteiger partial charge in [0.1, 0.15) is 12.1 Å². The van der Waals surface area contributed by atoms with Crippen LogP contribution in [0.5, 0.6) is 0 Å². The normalized spacial score (nSPS) is 17.2. The molecule has 218 valence electrons. The van der Waals surface area contributed by atoms with Crippen molar-refractivity contribution in [3.05, 3.63) is 46.7 Å². The molecule has 13 heteroatoms. The molecule has 9 nitrogen and oxygen atoms in total. The Bertz CT molecular complexity index is 1280. The second-order valence-electron chi connectivity index (χ2n) is 10.5. The summed E-state index contributed by atoms with van der Waals surface area (Å²) in [4.78, 5) is 53.0. The zero-order valence-corrected chi connectivity index (χ0v) is 23.6. The molecular formula is C27H33ClF3N5O4. The van der Waals surface area contributed by atoms with Crippen molar-refractivity contribution in [2.24, 2.45) is 11.8 Å². The fraction of sp³-hybridized carbons (Fsp3) is 0.519. The van der Waals surface area contributed by atoms with Crippen LogP contribution >= 0.6 is 11.6 Å². The zero-order chi connectivity index (χ0) is 29.9. The summed E-state index contributed by atoms with van der Waals surface area (Å²) in [6, 6.07) is 3.06. The lowest BCUT2D eigenvalue weighted by atomic mass is 9.98. The molecular weight excluding hydrogens is 551 g/mol. The van der Waals surface area contributed by atoms with Crippen LogP contribution in [0.15, 0.2) is 30.5 Å². The lowest BCUT2D eigenvalue weighted by Gasteiger charge is -2.31. The summed E-state index contributed by atoms with van der Waals surface area (Å²) in [5, 5.41) is 9.71. The van der Waals surface area contributed by atoms with Crippen LogP contribution in [-0.2, 0) is 14.4 Å². The summed E-state index contributed by atoms with van der Waals surface area (Å²) in [6.07, 6.45) is -3.08. The first-order valence-electron chi connectivity index (χ1n) is 13.0. The molecule has 40 heavy (non-hydrogen) atoms. The van der Waals surface area contributed by atoms with Crippen LogP contribution in [0.25, 0.3) is 5.69 Å². The van der Waals surface area contributed by atoms with E-state index in [9.17, 15) is 32.3 Å². The smallest absolute Gasteiger partial charge is 0.344 e. The number of ketones is 1. The van der Waals surface area contributed by atoms with Gasteiger partial charge in [0, 0.05) is 11.6 Å². The first kappa shape index (κ1) is 31.1. The summed E-state index contributed by atoms with van der Waals surface area (Å²) in [7, 11) is 0. The number of hydrogen-bond acceptors (Lipinski definition) is 5. The molecule has 0 saturated carbocycles. The van der Waals surface area contributed by atoms with Crippen molar-refractivity contribution in [1.29, 1.82) is 0 Å². The lowest BCUT2D eigenvalue weighted by molar-refractivity contribution is -0.175. The number of nitrogens with zero attached hydrogens (tertiary/aromatic N) is 3. The van der Waals surface area contributed by atoms with Crippen molar-refractivity contribution in [3.8, 4) is 5.69 Å². The van der Waals surface area contributed by atoms with Crippen LogP contribution in [0.4, 0.5) is 13.2 Å². The maximum absolute atomic E-state index is 13.6. The molecule has 1 saturated heterocycles. The van der Waals surface area contributed by atoms with E-state index in [1.807, 2.05) is 0 Å². The first-order chi connectivity index (χ1) is 18.6. The Balaban J connectivity index is 1.77. The molecule has 2 N–H and O–H groups in total. The summed E-state index contributed by atoms with van der Waals surface area (Å²) >= 11 is 6.07. The fourth-order valence-corrected chi connectivity index (χ4v) is 4.86. The average Bonchev–Trinajstić information content (AvgIpc) is 3.51. The Morgan fingerprint density at radius 3 is 2.27 bits per heavy atom. The molecule has 1 aromatic carbocycles. The van der Waals surface area contributed by atoms with Gasteiger partial charge >= 0.3 is 6.18 Å². The number of likely N-dealkylation sites (tertiary alicyclic amines) is 1. The molecule has 1 aromatic heterocycles. The zero-order valence-electron chi connectivity index (χ0n) is 22.9. The first-order valence-corrected chi connectivity index (χ1v) is 13.3. The van der Waals surface area contributed by atoms with Crippen LogP contribution < -0.4 is 10.6 Å². The van der Waals surface area contributed by atoms with Gasteiger partial charge in [-0.2, -0.15) is 18.3 Å². The second kappa shape index (κ2) is 12.4. The molecule has 0 radical (unpaired) electrons. The van der Waals surface area contributed by atoms with Crippen molar-refractivity contribution in [1.82, 2.24) is 25.3 Å². The highest BCUT2D eigenvalue weighted by molar-refractivity contribution is 6.30. The van der Waals surface area contributed by atoms with Crippen LogP contribution in [-0.4, -0.2) is 69.0 Å². The Labute approximate surface area is 235 Å². The highest BCUT2D eigenvalue weighted by Crippen LogP contribution is 2.24. The van der Waals surface area contributed by atoms with Gasteiger partial charge in [0.25, 0.3) is 11.7 Å². The third kappa shape index (κ3) is 6.83. The summed E-state index contributed by atoms with van der Waals surface area (Å²) in [6.45, 7) is 8.13. The van der Waals surface area contributed by atoms with E-state index < -0.39 is 53.7 Å². The van der Waals surface area contributed by atoms with Crippen LogP contribution in [0.2, 0.25) is 5.02 Å². The van der Waals surface area contributed by atoms with E-state index in [0.29, 0.717) is 22.8 Å². The fourth-order valence-electron chi connectivity index (χ4n) is 4.68. The molecule has 2 aromatic rings. The number of alkyl halides is 3. The van der Waals surface area contributed by atoms with Gasteiger partial charge in [-0.3, -0.25) is 19.2 Å². The molecule has 3 amide bonds. The Morgan fingerprint density at radius 1 is 1.05 bits per heavy atom. The van der Waals surface area contributed by atoms with E-state index in [1.54, 1.807) is 49.7 Å². The number of carbonyl (C=O) groups excluding carboxylic acids is 4. The summed E-state index contributed by atoms with van der Waals surface area (Å²) < 4.78 is 40.8. The van der Waals surface area contributed by atoms with Crippen LogP contribution in [0, 0.1) is 18.8 Å². The van der Waals surface area contributed by atoms with Gasteiger partial charge in [0.2, 0.25) is 11.8 Å².